The minimum absolute atomic E-state index is 1.12. The average molecular weight is 319 g/mol. The smallest absolute Gasteiger partial charge is 0.0169 e. The summed E-state index contributed by atoms with van der Waals surface area (Å²) < 4.78 is 0. The maximum atomic E-state index is 2.37. The van der Waals surface area contributed by atoms with Gasteiger partial charge in [-0.25, -0.2) is 0 Å². The van der Waals surface area contributed by atoms with Crippen molar-refractivity contribution in [2.45, 2.75) is 110 Å². The fraction of sp³-hybridized carbons (Fsp3) is 0.739. The van der Waals surface area contributed by atoms with Crippen LogP contribution in [0.15, 0.2) is 36.5 Å². The molecule has 23 heavy (non-hydrogen) atoms. The Hall–Kier alpha value is -0.780. The van der Waals surface area contributed by atoms with E-state index in [9.17, 15) is 0 Å². The van der Waals surface area contributed by atoms with Crippen LogP contribution in [0.1, 0.15) is 110 Å². The summed E-state index contributed by atoms with van der Waals surface area (Å²) in [7, 11) is 0. The fourth-order valence-electron chi connectivity index (χ4n) is 2.71. The van der Waals surface area contributed by atoms with E-state index >= 15 is 0 Å². The Bertz CT molecular complexity index is 282. The van der Waals surface area contributed by atoms with Crippen molar-refractivity contribution in [1.29, 1.82) is 0 Å². The second-order valence-electron chi connectivity index (χ2n) is 6.61. The lowest BCUT2D eigenvalue weighted by atomic mass is 10.1. The highest BCUT2D eigenvalue weighted by atomic mass is 14.0. The third kappa shape index (κ3) is 21.2. The van der Waals surface area contributed by atoms with Gasteiger partial charge in [0.15, 0.2) is 0 Å². The zero-order chi connectivity index (χ0) is 16.8. The molecule has 0 heterocycles. The molecule has 0 unspecified atom stereocenters. The highest BCUT2D eigenvalue weighted by Gasteiger charge is 1.89. The van der Waals surface area contributed by atoms with Gasteiger partial charge in [0.05, 0.1) is 0 Å². The lowest BCUT2D eigenvalue weighted by Crippen LogP contribution is -1.78. The van der Waals surface area contributed by atoms with Gasteiger partial charge in [-0.05, 0) is 51.4 Å². The zero-order valence-electron chi connectivity index (χ0n) is 16.1. The van der Waals surface area contributed by atoms with Gasteiger partial charge in [0, 0.05) is 0 Å². The quantitative estimate of drug-likeness (QED) is 0.186. The van der Waals surface area contributed by atoms with Crippen LogP contribution in [0.25, 0.3) is 0 Å². The van der Waals surface area contributed by atoms with E-state index in [1.165, 1.54) is 89.9 Å². The number of hydrogen-bond donors (Lipinski definition) is 0. The van der Waals surface area contributed by atoms with Crippen LogP contribution in [0, 0.1) is 0 Å². The normalized spacial score (nSPS) is 12.3. The van der Waals surface area contributed by atoms with Gasteiger partial charge in [0.1, 0.15) is 0 Å². The summed E-state index contributed by atoms with van der Waals surface area (Å²) in [6, 6.07) is 0. The fourth-order valence-corrected chi connectivity index (χ4v) is 2.71. The minimum atomic E-state index is 1.12. The summed E-state index contributed by atoms with van der Waals surface area (Å²) in [6.45, 7) is 4.48. The number of unbranched alkanes of at least 4 members (excludes halogenated alkanes) is 11. The molecule has 0 aliphatic carbocycles. The Balaban J connectivity index is 3.17. The Kier molecular flexibility index (Phi) is 20.5. The van der Waals surface area contributed by atoms with Gasteiger partial charge in [-0.1, -0.05) is 95.2 Å². The molecule has 0 radical (unpaired) electrons. The van der Waals surface area contributed by atoms with E-state index in [-0.39, 0.29) is 0 Å². The van der Waals surface area contributed by atoms with Crippen LogP contribution >= 0.6 is 0 Å². The van der Waals surface area contributed by atoms with Gasteiger partial charge in [-0.15, -0.1) is 0 Å². The molecule has 0 aromatic rings. The highest BCUT2D eigenvalue weighted by Crippen LogP contribution is 2.09. The maximum Gasteiger partial charge on any atom is -0.0169 e. The molecule has 0 rings (SSSR count). The molecule has 0 amide bonds. The van der Waals surface area contributed by atoms with Crippen molar-refractivity contribution < 1.29 is 0 Å². The van der Waals surface area contributed by atoms with Gasteiger partial charge in [-0.2, -0.15) is 0 Å². The molecule has 0 aliphatic heterocycles. The minimum Gasteiger partial charge on any atom is -0.0888 e. The Morgan fingerprint density at radius 3 is 1.35 bits per heavy atom. The van der Waals surface area contributed by atoms with Crippen LogP contribution in [-0.2, 0) is 0 Å². The molecule has 0 aromatic carbocycles. The largest absolute Gasteiger partial charge is 0.0888 e. The van der Waals surface area contributed by atoms with Crippen LogP contribution in [0.2, 0.25) is 0 Å². The summed E-state index contributed by atoms with van der Waals surface area (Å²) in [6.07, 6.45) is 34.0. The molecule has 0 fully saturated rings. The number of hydrogen-bond acceptors (Lipinski definition) is 0. The Morgan fingerprint density at radius 2 is 0.870 bits per heavy atom. The lowest BCUT2D eigenvalue weighted by molar-refractivity contribution is 0.621. The van der Waals surface area contributed by atoms with Gasteiger partial charge in [0.2, 0.25) is 0 Å². The second kappa shape index (κ2) is 21.2. The second-order valence-corrected chi connectivity index (χ2v) is 6.61. The molecule has 0 N–H and O–H groups in total. The lowest BCUT2D eigenvalue weighted by Gasteiger charge is -1.98. The molecule has 0 saturated heterocycles. The molecule has 0 nitrogen and oxygen atoms in total. The molecule has 0 saturated carbocycles. The van der Waals surface area contributed by atoms with E-state index in [2.05, 4.69) is 50.3 Å². The molecule has 0 aliphatic rings. The zero-order valence-corrected chi connectivity index (χ0v) is 16.1. The van der Waals surface area contributed by atoms with Crippen LogP contribution in [0.3, 0.4) is 0 Å². The first-order valence-electron chi connectivity index (χ1n) is 10.4. The van der Waals surface area contributed by atoms with Gasteiger partial charge in [0.25, 0.3) is 0 Å². The van der Waals surface area contributed by atoms with E-state index in [1.54, 1.807) is 0 Å². The van der Waals surface area contributed by atoms with Crippen LogP contribution < -0.4 is 0 Å². The number of allylic oxidation sites excluding steroid dienone is 6. The molecule has 0 aromatic heterocycles. The van der Waals surface area contributed by atoms with E-state index in [0.717, 1.165) is 6.42 Å². The average Bonchev–Trinajstić information content (AvgIpc) is 2.57. The predicted molar refractivity (Wildman–Crippen MR) is 108 cm³/mol. The summed E-state index contributed by atoms with van der Waals surface area (Å²) in [5.41, 5.74) is 0. The van der Waals surface area contributed by atoms with Gasteiger partial charge >= 0.3 is 0 Å². The van der Waals surface area contributed by atoms with Crippen LogP contribution in [0.5, 0.6) is 0 Å². The first-order valence-corrected chi connectivity index (χ1v) is 10.4. The molecule has 0 bridgehead atoms. The molecule has 0 heteroatoms. The molecule has 0 atom stereocenters. The van der Waals surface area contributed by atoms with E-state index in [0.29, 0.717) is 0 Å². The summed E-state index contributed by atoms with van der Waals surface area (Å²) in [4.78, 5) is 0. The number of rotatable bonds is 17. The SMILES string of the molecule is CC/C=C\CCCCCCC/C=C\C/C=C\CCCCCCC. The third-order valence-corrected chi connectivity index (χ3v) is 4.22. The first kappa shape index (κ1) is 22.2. The highest BCUT2D eigenvalue weighted by molar-refractivity contribution is 4.92. The topological polar surface area (TPSA) is 0 Å². The molecular formula is C23H42. The summed E-state index contributed by atoms with van der Waals surface area (Å²) in [5, 5.41) is 0. The predicted octanol–water partition coefficient (Wildman–Crippen LogP) is 8.55. The molecule has 134 valence electrons. The first-order chi connectivity index (χ1) is 11.4. The van der Waals surface area contributed by atoms with E-state index in [4.69, 9.17) is 0 Å². The van der Waals surface area contributed by atoms with Crippen molar-refractivity contribution in [3.05, 3.63) is 36.5 Å². The monoisotopic (exact) mass is 318 g/mol. The Morgan fingerprint density at radius 1 is 0.435 bits per heavy atom. The van der Waals surface area contributed by atoms with Crippen LogP contribution in [-0.4, -0.2) is 0 Å². The third-order valence-electron chi connectivity index (χ3n) is 4.22. The van der Waals surface area contributed by atoms with Gasteiger partial charge < -0.3 is 0 Å². The molecule has 0 spiro atoms. The van der Waals surface area contributed by atoms with E-state index in [1.807, 2.05) is 0 Å². The van der Waals surface area contributed by atoms with Crippen molar-refractivity contribution in [3.63, 3.8) is 0 Å². The van der Waals surface area contributed by atoms with Crippen LogP contribution in [0.4, 0.5) is 0 Å². The van der Waals surface area contributed by atoms with Gasteiger partial charge in [-0.3, -0.25) is 0 Å². The van der Waals surface area contributed by atoms with Crippen molar-refractivity contribution >= 4 is 0 Å². The molecular weight excluding hydrogens is 276 g/mol. The van der Waals surface area contributed by atoms with E-state index < -0.39 is 0 Å². The van der Waals surface area contributed by atoms with Crippen molar-refractivity contribution in [1.82, 2.24) is 0 Å². The maximum absolute atomic E-state index is 2.37. The van der Waals surface area contributed by atoms with Crippen molar-refractivity contribution in [2.24, 2.45) is 0 Å². The Labute approximate surface area is 147 Å². The van der Waals surface area contributed by atoms with Crippen molar-refractivity contribution in [2.75, 3.05) is 0 Å². The summed E-state index contributed by atoms with van der Waals surface area (Å²) >= 11 is 0. The summed E-state index contributed by atoms with van der Waals surface area (Å²) in [5.74, 6) is 0. The van der Waals surface area contributed by atoms with Crippen molar-refractivity contribution in [3.8, 4) is 0 Å². The standard InChI is InChI=1S/C23H42/c1-3-5-7-9-11-13-15-17-19-21-23-22-20-18-16-14-12-10-8-6-4-2/h5,7,16,18,22-23H,3-4,6,8-15,17,19-21H2,1-2H3/b7-5-,18-16-,23-22-.